The largest absolute Gasteiger partial charge is 0.341 e. The number of aromatic nitrogens is 2. The maximum Gasteiger partial charge on any atom is 0.225 e. The van der Waals surface area contributed by atoms with Crippen LogP contribution in [0.2, 0.25) is 0 Å². The van der Waals surface area contributed by atoms with Crippen molar-refractivity contribution in [3.8, 4) is 0 Å². The van der Waals surface area contributed by atoms with E-state index in [4.69, 9.17) is 0 Å². The zero-order chi connectivity index (χ0) is 14.7. The van der Waals surface area contributed by atoms with Crippen LogP contribution in [0.15, 0.2) is 42.7 Å². The molecule has 0 unspecified atom stereocenters. The highest BCUT2D eigenvalue weighted by molar-refractivity contribution is 6.31. The molecule has 106 valence electrons. The van der Waals surface area contributed by atoms with Crippen LogP contribution in [0.25, 0.3) is 0 Å². The van der Waals surface area contributed by atoms with E-state index in [1.165, 1.54) is 0 Å². The van der Waals surface area contributed by atoms with Crippen molar-refractivity contribution in [3.63, 3.8) is 0 Å². The molecule has 1 aromatic carbocycles. The second-order valence-corrected chi connectivity index (χ2v) is 5.69. The first-order valence-electron chi connectivity index (χ1n) is 7.29. The van der Waals surface area contributed by atoms with Gasteiger partial charge in [-0.2, -0.15) is 0 Å². The van der Waals surface area contributed by atoms with E-state index in [1.807, 2.05) is 50.6 Å². The molecule has 1 aliphatic heterocycles. The summed E-state index contributed by atoms with van der Waals surface area (Å²) in [5.41, 5.74) is 1.81. The Labute approximate surface area is 125 Å². The van der Waals surface area contributed by atoms with Crippen molar-refractivity contribution in [2.75, 3.05) is 18.0 Å². The molecule has 4 nitrogen and oxygen atoms in total. The van der Waals surface area contributed by atoms with E-state index in [9.17, 15) is 4.79 Å². The molecule has 1 saturated heterocycles. The highest BCUT2D eigenvalue weighted by Crippen LogP contribution is 2.34. The van der Waals surface area contributed by atoms with Crippen LogP contribution >= 0.6 is 0 Å². The molecule has 21 heavy (non-hydrogen) atoms. The first kappa shape index (κ1) is 13.8. The summed E-state index contributed by atoms with van der Waals surface area (Å²) in [6.45, 7) is 1.60. The number of aldehydes is 1. The molecular formula is C16H18BN3O. The van der Waals surface area contributed by atoms with Crippen LogP contribution in [0, 0.1) is 0 Å². The van der Waals surface area contributed by atoms with Crippen LogP contribution in [0.4, 0.5) is 5.95 Å². The minimum Gasteiger partial charge on any atom is -0.341 e. The van der Waals surface area contributed by atoms with Crippen molar-refractivity contribution in [1.29, 1.82) is 0 Å². The molecule has 0 bridgehead atoms. The van der Waals surface area contributed by atoms with Gasteiger partial charge in [-0.1, -0.05) is 35.8 Å². The summed E-state index contributed by atoms with van der Waals surface area (Å²) < 4.78 is 0. The molecule has 1 aliphatic rings. The van der Waals surface area contributed by atoms with Gasteiger partial charge >= 0.3 is 0 Å². The van der Waals surface area contributed by atoms with Crippen LogP contribution in [-0.2, 0) is 10.2 Å². The number of anilines is 1. The Balaban J connectivity index is 1.77. The van der Waals surface area contributed by atoms with Crippen LogP contribution in [0.5, 0.6) is 0 Å². The number of nitrogens with zero attached hydrogens (tertiary/aromatic N) is 3. The number of carbonyl (C=O) groups is 1. The maximum absolute atomic E-state index is 11.7. The van der Waals surface area contributed by atoms with E-state index in [0.717, 1.165) is 49.2 Å². The second-order valence-electron chi connectivity index (χ2n) is 5.69. The summed E-state index contributed by atoms with van der Waals surface area (Å²) >= 11 is 0. The molecule has 0 saturated carbocycles. The van der Waals surface area contributed by atoms with Crippen LogP contribution in [-0.4, -0.2) is 37.2 Å². The monoisotopic (exact) mass is 279 g/mol. The SMILES string of the molecule is Bc1cnc(N2CCC(C=O)(c3ccccc3)CC2)nc1. The van der Waals surface area contributed by atoms with Gasteiger partial charge in [0.15, 0.2) is 0 Å². The second kappa shape index (κ2) is 5.68. The summed E-state index contributed by atoms with van der Waals surface area (Å²) in [6, 6.07) is 10.1. The average molecular weight is 279 g/mol. The fourth-order valence-corrected chi connectivity index (χ4v) is 2.90. The molecule has 2 heterocycles. The minimum atomic E-state index is -0.359. The molecule has 5 heteroatoms. The van der Waals surface area contributed by atoms with E-state index in [1.54, 1.807) is 0 Å². The summed E-state index contributed by atoms with van der Waals surface area (Å²) in [7, 11) is 1.98. The number of hydrogen-bond acceptors (Lipinski definition) is 4. The van der Waals surface area contributed by atoms with Gasteiger partial charge in [0.25, 0.3) is 0 Å². The van der Waals surface area contributed by atoms with Crippen LogP contribution in [0.1, 0.15) is 18.4 Å². The lowest BCUT2D eigenvalue weighted by atomic mass is 9.74. The van der Waals surface area contributed by atoms with Gasteiger partial charge in [0.2, 0.25) is 5.95 Å². The molecule has 0 spiro atoms. The van der Waals surface area contributed by atoms with Gasteiger partial charge in [-0.05, 0) is 18.4 Å². The first-order chi connectivity index (χ1) is 10.2. The van der Waals surface area contributed by atoms with Gasteiger partial charge in [0.05, 0.1) is 5.41 Å². The highest BCUT2D eigenvalue weighted by atomic mass is 16.1. The van der Waals surface area contributed by atoms with E-state index >= 15 is 0 Å². The smallest absolute Gasteiger partial charge is 0.225 e. The van der Waals surface area contributed by atoms with Gasteiger partial charge in [-0.15, -0.1) is 0 Å². The van der Waals surface area contributed by atoms with E-state index in [2.05, 4.69) is 14.9 Å². The first-order valence-corrected chi connectivity index (χ1v) is 7.29. The number of hydrogen-bond donors (Lipinski definition) is 0. The quantitative estimate of drug-likeness (QED) is 0.605. The third-order valence-corrected chi connectivity index (χ3v) is 4.28. The molecule has 0 radical (unpaired) electrons. The van der Waals surface area contributed by atoms with E-state index in [-0.39, 0.29) is 5.41 Å². The summed E-state index contributed by atoms with van der Waals surface area (Å²) in [6.07, 6.45) is 6.40. The lowest BCUT2D eigenvalue weighted by molar-refractivity contribution is -0.113. The molecule has 1 fully saturated rings. The number of benzene rings is 1. The lowest BCUT2D eigenvalue weighted by Gasteiger charge is -2.38. The van der Waals surface area contributed by atoms with E-state index in [0.29, 0.717) is 0 Å². The fourth-order valence-electron chi connectivity index (χ4n) is 2.90. The predicted molar refractivity (Wildman–Crippen MR) is 85.8 cm³/mol. The van der Waals surface area contributed by atoms with E-state index < -0.39 is 0 Å². The normalized spacial score (nSPS) is 17.4. The number of piperidine rings is 1. The minimum absolute atomic E-state index is 0.359. The third-order valence-electron chi connectivity index (χ3n) is 4.28. The number of carbonyl (C=O) groups excluding carboxylic acids is 1. The average Bonchev–Trinajstić information content (AvgIpc) is 2.56. The van der Waals surface area contributed by atoms with Gasteiger partial charge < -0.3 is 9.69 Å². The van der Waals surface area contributed by atoms with Crippen molar-refractivity contribution >= 4 is 25.5 Å². The molecule has 0 atom stereocenters. The van der Waals surface area contributed by atoms with Crippen LogP contribution < -0.4 is 10.4 Å². The van der Waals surface area contributed by atoms with Crippen molar-refractivity contribution < 1.29 is 4.79 Å². The molecule has 0 aliphatic carbocycles. The van der Waals surface area contributed by atoms with Crippen LogP contribution in [0.3, 0.4) is 0 Å². The lowest BCUT2D eigenvalue weighted by Crippen LogP contribution is -2.44. The van der Waals surface area contributed by atoms with Gasteiger partial charge in [-0.25, -0.2) is 9.97 Å². The predicted octanol–water partition coefficient (Wildman–Crippen LogP) is 0.472. The molecule has 2 aromatic rings. The topological polar surface area (TPSA) is 46.1 Å². The highest BCUT2D eigenvalue weighted by Gasteiger charge is 2.36. The fraction of sp³-hybridized carbons (Fsp3) is 0.312. The molecule has 0 N–H and O–H groups in total. The Bertz CT molecular complexity index is 607. The Morgan fingerprint density at radius 3 is 2.29 bits per heavy atom. The van der Waals surface area contributed by atoms with Gasteiger partial charge in [0, 0.05) is 25.5 Å². The zero-order valence-electron chi connectivity index (χ0n) is 12.2. The van der Waals surface area contributed by atoms with Crippen molar-refractivity contribution in [2.45, 2.75) is 18.3 Å². The number of rotatable bonds is 3. The Morgan fingerprint density at radius 2 is 1.71 bits per heavy atom. The Morgan fingerprint density at radius 1 is 1.10 bits per heavy atom. The van der Waals surface area contributed by atoms with Crippen molar-refractivity contribution in [3.05, 3.63) is 48.3 Å². The summed E-state index contributed by atoms with van der Waals surface area (Å²) in [4.78, 5) is 22.6. The van der Waals surface area contributed by atoms with Crippen molar-refractivity contribution in [2.24, 2.45) is 0 Å². The van der Waals surface area contributed by atoms with Crippen molar-refractivity contribution in [1.82, 2.24) is 9.97 Å². The standard InChI is InChI=1S/C16H18BN3O/c17-14-10-18-15(19-11-14)20-8-6-16(12-21,7-9-20)13-4-2-1-3-5-13/h1-5,10-12H,6-9,17H2. The summed E-state index contributed by atoms with van der Waals surface area (Å²) in [5, 5.41) is 0. The van der Waals surface area contributed by atoms with Gasteiger partial charge in [-0.3, -0.25) is 0 Å². The molecular weight excluding hydrogens is 261 g/mol. The molecule has 1 aromatic heterocycles. The summed E-state index contributed by atoms with van der Waals surface area (Å²) in [5.74, 6) is 0.758. The Hall–Kier alpha value is -2.17. The maximum atomic E-state index is 11.7. The molecule has 0 amide bonds. The van der Waals surface area contributed by atoms with Gasteiger partial charge in [0.1, 0.15) is 14.1 Å². The molecule has 3 rings (SSSR count). The Kier molecular flexibility index (Phi) is 3.73. The zero-order valence-corrected chi connectivity index (χ0v) is 12.2. The third kappa shape index (κ3) is 2.68.